The fourth-order valence-corrected chi connectivity index (χ4v) is 4.15. The van der Waals surface area contributed by atoms with Crippen LogP contribution in [0.25, 0.3) is 0 Å². The van der Waals surface area contributed by atoms with Crippen molar-refractivity contribution in [1.29, 1.82) is 0 Å². The Morgan fingerprint density at radius 3 is 1.20 bits per heavy atom. The number of hydrogen-bond acceptors (Lipinski definition) is 3. The fourth-order valence-electron chi connectivity index (χ4n) is 4.15. The molecule has 0 heterocycles. The molecule has 0 saturated heterocycles. The largest absolute Gasteiger partial charge is 0.396 e. The van der Waals surface area contributed by atoms with Gasteiger partial charge in [0.15, 0.2) is 0 Å². The van der Waals surface area contributed by atoms with Crippen LogP contribution in [0, 0.1) is 10.8 Å². The van der Waals surface area contributed by atoms with Crippen molar-refractivity contribution < 1.29 is 14.9 Å². The van der Waals surface area contributed by atoms with Crippen LogP contribution in [0.4, 0.5) is 0 Å². The molecule has 0 aromatic rings. The average molecular weight is 359 g/mol. The van der Waals surface area contributed by atoms with Gasteiger partial charge in [0, 0.05) is 26.4 Å². The Morgan fingerprint density at radius 1 is 0.560 bits per heavy atom. The molecule has 0 aliphatic rings. The van der Waals surface area contributed by atoms with Gasteiger partial charge in [0.25, 0.3) is 0 Å². The Balaban J connectivity index is 3.76. The molecule has 0 spiro atoms. The van der Waals surface area contributed by atoms with Crippen molar-refractivity contribution in [2.75, 3.05) is 26.4 Å². The highest BCUT2D eigenvalue weighted by atomic mass is 16.5. The Bertz CT molecular complexity index is 255. The van der Waals surface area contributed by atoms with E-state index in [1.54, 1.807) is 0 Å². The molecule has 152 valence electrons. The molecule has 0 radical (unpaired) electrons. The summed E-state index contributed by atoms with van der Waals surface area (Å²) in [7, 11) is 0. The van der Waals surface area contributed by atoms with Gasteiger partial charge in [-0.2, -0.15) is 0 Å². The highest BCUT2D eigenvalue weighted by Crippen LogP contribution is 2.36. The zero-order valence-electron chi connectivity index (χ0n) is 17.6. The SMILES string of the molecule is CCC(CC)(CCO)CCCCOCCCCC(CC)(CC)CCO. The third-order valence-corrected chi connectivity index (χ3v) is 6.78. The van der Waals surface area contributed by atoms with Crippen LogP contribution < -0.4 is 0 Å². The lowest BCUT2D eigenvalue weighted by Gasteiger charge is -2.31. The smallest absolute Gasteiger partial charge is 0.0466 e. The molecule has 0 unspecified atom stereocenters. The van der Waals surface area contributed by atoms with E-state index >= 15 is 0 Å². The van der Waals surface area contributed by atoms with Gasteiger partial charge in [-0.3, -0.25) is 0 Å². The summed E-state index contributed by atoms with van der Waals surface area (Å²) in [6, 6.07) is 0. The maximum atomic E-state index is 9.28. The molecule has 2 N–H and O–H groups in total. The van der Waals surface area contributed by atoms with Crippen molar-refractivity contribution in [2.24, 2.45) is 10.8 Å². The zero-order valence-corrected chi connectivity index (χ0v) is 17.6. The van der Waals surface area contributed by atoms with Gasteiger partial charge in [-0.05, 0) is 49.4 Å². The summed E-state index contributed by atoms with van der Waals surface area (Å²) in [4.78, 5) is 0. The molecule has 0 fully saturated rings. The molecule has 0 saturated carbocycles. The Kier molecular flexibility index (Phi) is 14.9. The molecule has 0 aromatic heterocycles. The van der Waals surface area contributed by atoms with Crippen LogP contribution in [0.3, 0.4) is 0 Å². The lowest BCUT2D eigenvalue weighted by molar-refractivity contribution is 0.107. The van der Waals surface area contributed by atoms with Crippen LogP contribution in [0.15, 0.2) is 0 Å². The maximum absolute atomic E-state index is 9.28. The second-order valence-electron chi connectivity index (χ2n) is 7.89. The van der Waals surface area contributed by atoms with Gasteiger partial charge in [-0.1, -0.05) is 66.2 Å². The average Bonchev–Trinajstić information content (AvgIpc) is 2.65. The van der Waals surface area contributed by atoms with Crippen LogP contribution in [0.1, 0.15) is 105 Å². The van der Waals surface area contributed by atoms with Gasteiger partial charge in [-0.25, -0.2) is 0 Å². The lowest BCUT2D eigenvalue weighted by atomic mass is 9.75. The second-order valence-corrected chi connectivity index (χ2v) is 7.89. The lowest BCUT2D eigenvalue weighted by Crippen LogP contribution is -2.21. The van der Waals surface area contributed by atoms with E-state index in [2.05, 4.69) is 27.7 Å². The second kappa shape index (κ2) is 15.0. The summed E-state index contributed by atoms with van der Waals surface area (Å²) in [5, 5.41) is 18.6. The third kappa shape index (κ3) is 9.96. The summed E-state index contributed by atoms with van der Waals surface area (Å²) in [5.41, 5.74) is 0.677. The van der Waals surface area contributed by atoms with Gasteiger partial charge in [0.1, 0.15) is 0 Å². The zero-order chi connectivity index (χ0) is 19.0. The molecule has 0 bridgehead atoms. The topological polar surface area (TPSA) is 49.7 Å². The number of aliphatic hydroxyl groups is 2. The first kappa shape index (κ1) is 24.9. The van der Waals surface area contributed by atoms with Crippen LogP contribution >= 0.6 is 0 Å². The number of ether oxygens (including phenoxy) is 1. The minimum absolute atomic E-state index is 0.311. The van der Waals surface area contributed by atoms with Gasteiger partial charge in [-0.15, -0.1) is 0 Å². The number of rotatable bonds is 18. The predicted molar refractivity (Wildman–Crippen MR) is 108 cm³/mol. The van der Waals surface area contributed by atoms with Gasteiger partial charge in [0.2, 0.25) is 0 Å². The quantitative estimate of drug-likeness (QED) is 0.308. The van der Waals surface area contributed by atoms with Crippen molar-refractivity contribution in [3.8, 4) is 0 Å². The van der Waals surface area contributed by atoms with E-state index in [0.717, 1.165) is 64.6 Å². The van der Waals surface area contributed by atoms with Crippen LogP contribution in [0.2, 0.25) is 0 Å². The first-order valence-electron chi connectivity index (χ1n) is 10.9. The molecular formula is C22H46O3. The van der Waals surface area contributed by atoms with Crippen molar-refractivity contribution >= 4 is 0 Å². The molecule has 3 nitrogen and oxygen atoms in total. The Labute approximate surface area is 157 Å². The summed E-state index contributed by atoms with van der Waals surface area (Å²) < 4.78 is 5.82. The predicted octanol–water partition coefficient (Wildman–Crippen LogP) is 5.72. The minimum atomic E-state index is 0.311. The fraction of sp³-hybridized carbons (Fsp3) is 1.00. The van der Waals surface area contributed by atoms with E-state index in [-0.39, 0.29) is 0 Å². The molecule has 0 amide bonds. The summed E-state index contributed by atoms with van der Waals surface area (Å²) in [6.07, 6.45) is 13.6. The highest BCUT2D eigenvalue weighted by Gasteiger charge is 2.25. The maximum Gasteiger partial charge on any atom is 0.0466 e. The summed E-state index contributed by atoms with van der Waals surface area (Å²) in [5.74, 6) is 0. The molecule has 0 rings (SSSR count). The Hall–Kier alpha value is -0.120. The van der Waals surface area contributed by atoms with Gasteiger partial charge in [0.05, 0.1) is 0 Å². The van der Waals surface area contributed by atoms with E-state index in [9.17, 15) is 10.2 Å². The highest BCUT2D eigenvalue weighted by molar-refractivity contribution is 4.77. The molecule has 0 aromatic carbocycles. The Morgan fingerprint density at radius 2 is 0.920 bits per heavy atom. The normalized spacial score (nSPS) is 12.7. The molecular weight excluding hydrogens is 312 g/mol. The molecule has 3 heteroatoms. The van der Waals surface area contributed by atoms with Crippen molar-refractivity contribution in [3.05, 3.63) is 0 Å². The first-order valence-corrected chi connectivity index (χ1v) is 10.9. The van der Waals surface area contributed by atoms with Crippen molar-refractivity contribution in [2.45, 2.75) is 105 Å². The van der Waals surface area contributed by atoms with Crippen LogP contribution in [0.5, 0.6) is 0 Å². The van der Waals surface area contributed by atoms with Crippen LogP contribution in [-0.4, -0.2) is 36.6 Å². The molecule has 0 aliphatic heterocycles. The van der Waals surface area contributed by atoms with Crippen molar-refractivity contribution in [1.82, 2.24) is 0 Å². The summed E-state index contributed by atoms with van der Waals surface area (Å²) >= 11 is 0. The molecule has 25 heavy (non-hydrogen) atoms. The van der Waals surface area contributed by atoms with Gasteiger partial charge < -0.3 is 14.9 Å². The van der Waals surface area contributed by atoms with Gasteiger partial charge >= 0.3 is 0 Å². The number of hydrogen-bond donors (Lipinski definition) is 2. The standard InChI is InChI=1S/C22H46O3/c1-5-21(6-2,15-17-23)13-9-11-19-25-20-12-10-14-22(7-3,8-4)16-18-24/h23-24H,5-20H2,1-4H3. The van der Waals surface area contributed by atoms with E-state index < -0.39 is 0 Å². The molecule has 0 atom stereocenters. The minimum Gasteiger partial charge on any atom is -0.396 e. The number of unbranched alkanes of at least 4 members (excludes halogenated alkanes) is 2. The van der Waals surface area contributed by atoms with E-state index in [1.165, 1.54) is 25.7 Å². The van der Waals surface area contributed by atoms with E-state index in [1.807, 2.05) is 0 Å². The third-order valence-electron chi connectivity index (χ3n) is 6.78. The molecule has 0 aliphatic carbocycles. The monoisotopic (exact) mass is 358 g/mol. The van der Waals surface area contributed by atoms with E-state index in [0.29, 0.717) is 24.0 Å². The van der Waals surface area contributed by atoms with E-state index in [4.69, 9.17) is 4.74 Å². The number of aliphatic hydroxyl groups excluding tert-OH is 2. The summed E-state index contributed by atoms with van der Waals surface area (Å²) in [6.45, 7) is 11.4. The first-order chi connectivity index (χ1) is 12.1. The van der Waals surface area contributed by atoms with Crippen LogP contribution in [-0.2, 0) is 4.74 Å². The van der Waals surface area contributed by atoms with Crippen molar-refractivity contribution in [3.63, 3.8) is 0 Å².